The maximum atomic E-state index is 2.66. The van der Waals surface area contributed by atoms with Gasteiger partial charge in [0, 0.05) is 28.4 Å². The summed E-state index contributed by atoms with van der Waals surface area (Å²) in [6.45, 7) is 3.27. The molecule has 0 bridgehead atoms. The van der Waals surface area contributed by atoms with Crippen LogP contribution >= 0.6 is 0 Å². The van der Waals surface area contributed by atoms with E-state index in [0.29, 0.717) is 0 Å². The maximum absolute atomic E-state index is 2.66. The molecule has 13 aromatic rings. The van der Waals surface area contributed by atoms with Gasteiger partial charge in [-0.05, 0) is 166 Å². The highest BCUT2D eigenvalue weighted by molar-refractivity contribution is 6.09. The van der Waals surface area contributed by atoms with Crippen LogP contribution in [0.3, 0.4) is 0 Å². The molecule has 0 aliphatic heterocycles. The minimum absolute atomic E-state index is 0.655. The molecule has 0 spiro atoms. The highest BCUT2D eigenvalue weighted by Crippen LogP contribution is 2.60. The number of aromatic nitrogens is 1. The molecule has 0 radical (unpaired) electrons. The Labute approximate surface area is 488 Å². The number of hydrogen-bond donors (Lipinski definition) is 0. The van der Waals surface area contributed by atoms with Gasteiger partial charge in [0.25, 0.3) is 0 Å². The largest absolute Gasteiger partial charge is 0.340 e. The monoisotopic (exact) mass is 1060 g/mol. The molecule has 0 amide bonds. The molecule has 0 saturated carbocycles. The Morgan fingerprint density at radius 1 is 0.253 bits per heavy atom. The summed E-state index contributed by atoms with van der Waals surface area (Å²) in [6, 6.07) is 111. The topological polar surface area (TPSA) is 4.93 Å². The number of aryl methyl sites for hydroxylation is 1. The molecule has 1 aromatic heterocycles. The summed E-state index contributed by atoms with van der Waals surface area (Å²) >= 11 is 0. The lowest BCUT2D eigenvalue weighted by molar-refractivity contribution is 0.571. The molecule has 1 nitrogen and oxygen atoms in total. The summed E-state index contributed by atoms with van der Waals surface area (Å²) in [5.41, 5.74) is 26.4. The van der Waals surface area contributed by atoms with Crippen molar-refractivity contribution in [3.63, 3.8) is 0 Å². The van der Waals surface area contributed by atoms with E-state index in [4.69, 9.17) is 0 Å². The van der Waals surface area contributed by atoms with Crippen LogP contribution < -0.4 is 0 Å². The molecular weight excluding hydrogens is 999 g/mol. The first kappa shape index (κ1) is 50.4. The van der Waals surface area contributed by atoms with Crippen molar-refractivity contribution in [2.24, 2.45) is 0 Å². The molecule has 0 fully saturated rings. The predicted octanol–water partition coefficient (Wildman–Crippen LogP) is 21.5. The SMILES string of the molecule is CCCCCCCCn1c2ccc(C3(c4ccccc4)c4cc(-c5ccccc5)ccc4-c4ccc(-c5ccccc5)cc43)cc2c2cc(C3(c4ccccc4)c4cc(-c5ccccc5)ccc4-c4ccc(-c5ccccc5)cc43)ccc21. The van der Waals surface area contributed by atoms with Gasteiger partial charge in [0.15, 0.2) is 0 Å². The minimum Gasteiger partial charge on any atom is -0.340 e. The fourth-order valence-electron chi connectivity index (χ4n) is 14.7. The van der Waals surface area contributed by atoms with Gasteiger partial charge in [-0.15, -0.1) is 0 Å². The number of rotatable bonds is 15. The Kier molecular flexibility index (Phi) is 12.8. The molecule has 15 rings (SSSR count). The zero-order chi connectivity index (χ0) is 55.3. The smallest absolute Gasteiger partial charge is 0.0714 e. The van der Waals surface area contributed by atoms with Crippen molar-refractivity contribution in [1.29, 1.82) is 0 Å². The fourth-order valence-corrected chi connectivity index (χ4v) is 14.7. The van der Waals surface area contributed by atoms with Crippen LogP contribution in [0.2, 0.25) is 0 Å². The van der Waals surface area contributed by atoms with Crippen LogP contribution in [0, 0.1) is 0 Å². The highest BCUT2D eigenvalue weighted by Gasteiger charge is 2.49. The molecule has 83 heavy (non-hydrogen) atoms. The normalized spacial score (nSPS) is 13.4. The lowest BCUT2D eigenvalue weighted by Gasteiger charge is -2.35. The Morgan fingerprint density at radius 3 is 0.880 bits per heavy atom. The summed E-state index contributed by atoms with van der Waals surface area (Å²) in [5, 5.41) is 2.57. The summed E-state index contributed by atoms with van der Waals surface area (Å²) < 4.78 is 2.66. The predicted molar refractivity (Wildman–Crippen MR) is 349 cm³/mol. The third-order valence-corrected chi connectivity index (χ3v) is 18.6. The van der Waals surface area contributed by atoms with Gasteiger partial charge in [0.1, 0.15) is 0 Å². The average Bonchev–Trinajstić information content (AvgIpc) is 2.43. The number of benzene rings is 12. The van der Waals surface area contributed by atoms with Crippen molar-refractivity contribution < 1.29 is 0 Å². The summed E-state index contributed by atoms with van der Waals surface area (Å²) in [5.74, 6) is 0. The van der Waals surface area contributed by atoms with Crippen LogP contribution in [0.5, 0.6) is 0 Å². The molecule has 12 aromatic carbocycles. The Hall–Kier alpha value is -9.56. The highest BCUT2D eigenvalue weighted by atomic mass is 15.0. The number of unbranched alkanes of at least 4 members (excludes halogenated alkanes) is 5. The van der Waals surface area contributed by atoms with Crippen molar-refractivity contribution >= 4 is 21.8 Å². The van der Waals surface area contributed by atoms with Gasteiger partial charge in [0.2, 0.25) is 0 Å². The quantitative estimate of drug-likeness (QED) is 0.0902. The third-order valence-electron chi connectivity index (χ3n) is 18.6. The van der Waals surface area contributed by atoms with Gasteiger partial charge in [0.05, 0.1) is 10.8 Å². The molecule has 2 aliphatic carbocycles. The molecule has 2 aliphatic rings. The standard InChI is InChI=1S/C82H65N/c1-2-3-4-5-6-25-50-83-79-48-42-67(81(65-34-21-11-22-35-65)75-51-61(57-26-13-7-14-27-57)38-44-69(75)70-45-39-62(52-76(70)81)58-28-15-8-16-29-58)55-73(79)74-56-68(43-49-80(74)83)82(66-36-23-12-24-37-66)77-53-63(59-30-17-9-18-31-59)40-46-71(77)72-47-41-64(54-78(72)82)60-32-19-10-20-33-60/h7-24,26-49,51-56H,2-6,25,50H2,1H3. The maximum Gasteiger partial charge on any atom is 0.0714 e. The Balaban J connectivity index is 1.02. The van der Waals surface area contributed by atoms with Gasteiger partial charge >= 0.3 is 0 Å². The molecular formula is C82H65N. The van der Waals surface area contributed by atoms with E-state index in [1.165, 1.54) is 165 Å². The van der Waals surface area contributed by atoms with Gasteiger partial charge in [-0.1, -0.05) is 282 Å². The molecule has 1 heteroatoms. The van der Waals surface area contributed by atoms with Gasteiger partial charge in [-0.25, -0.2) is 0 Å². The Bertz CT molecular complexity index is 4040. The molecule has 1 heterocycles. The molecule has 0 N–H and O–H groups in total. The van der Waals surface area contributed by atoms with Crippen LogP contribution in [0.1, 0.15) is 90.0 Å². The van der Waals surface area contributed by atoms with E-state index in [1.807, 2.05) is 0 Å². The van der Waals surface area contributed by atoms with E-state index in [0.717, 1.165) is 13.0 Å². The van der Waals surface area contributed by atoms with E-state index in [2.05, 4.69) is 303 Å². The van der Waals surface area contributed by atoms with E-state index >= 15 is 0 Å². The van der Waals surface area contributed by atoms with Crippen molar-refractivity contribution in [3.8, 4) is 66.8 Å². The van der Waals surface area contributed by atoms with Crippen LogP contribution in [-0.4, -0.2) is 4.57 Å². The summed E-state index contributed by atoms with van der Waals surface area (Å²) in [4.78, 5) is 0. The third kappa shape index (κ3) is 8.27. The molecule has 0 saturated heterocycles. The van der Waals surface area contributed by atoms with Gasteiger partial charge in [-0.3, -0.25) is 0 Å². The number of nitrogens with zero attached hydrogens (tertiary/aromatic N) is 1. The average molecular weight is 1060 g/mol. The molecule has 0 atom stereocenters. The van der Waals surface area contributed by atoms with Crippen molar-refractivity contribution in [2.75, 3.05) is 0 Å². The van der Waals surface area contributed by atoms with Crippen molar-refractivity contribution in [1.82, 2.24) is 4.57 Å². The zero-order valence-electron chi connectivity index (χ0n) is 47.1. The van der Waals surface area contributed by atoms with E-state index in [-0.39, 0.29) is 0 Å². The number of fused-ring (bicyclic) bond motifs is 9. The minimum atomic E-state index is -0.655. The zero-order valence-corrected chi connectivity index (χ0v) is 47.1. The van der Waals surface area contributed by atoms with Gasteiger partial charge in [-0.2, -0.15) is 0 Å². The first-order chi connectivity index (χ1) is 41.1. The van der Waals surface area contributed by atoms with E-state index in [1.54, 1.807) is 0 Å². The second kappa shape index (κ2) is 21.1. The van der Waals surface area contributed by atoms with Crippen LogP contribution in [-0.2, 0) is 17.4 Å². The second-order valence-corrected chi connectivity index (χ2v) is 23.1. The van der Waals surface area contributed by atoms with E-state index < -0.39 is 10.8 Å². The van der Waals surface area contributed by atoms with Crippen LogP contribution in [0.4, 0.5) is 0 Å². The second-order valence-electron chi connectivity index (χ2n) is 23.1. The fraction of sp³-hybridized carbons (Fsp3) is 0.122. The summed E-state index contributed by atoms with van der Waals surface area (Å²) in [6.07, 6.45) is 7.45. The first-order valence-corrected chi connectivity index (χ1v) is 30.1. The van der Waals surface area contributed by atoms with Gasteiger partial charge < -0.3 is 4.57 Å². The van der Waals surface area contributed by atoms with E-state index in [9.17, 15) is 0 Å². The molecule has 0 unspecified atom stereocenters. The summed E-state index contributed by atoms with van der Waals surface area (Å²) in [7, 11) is 0. The molecule has 398 valence electrons. The lowest BCUT2D eigenvalue weighted by atomic mass is 9.66. The Morgan fingerprint density at radius 2 is 0.554 bits per heavy atom. The van der Waals surface area contributed by atoms with Crippen LogP contribution in [0.25, 0.3) is 88.6 Å². The van der Waals surface area contributed by atoms with Crippen molar-refractivity contribution in [2.45, 2.75) is 62.8 Å². The lowest BCUT2D eigenvalue weighted by Crippen LogP contribution is -2.29. The van der Waals surface area contributed by atoms with Crippen molar-refractivity contribution in [3.05, 3.63) is 336 Å². The number of hydrogen-bond acceptors (Lipinski definition) is 0. The first-order valence-electron chi connectivity index (χ1n) is 30.1. The van der Waals surface area contributed by atoms with Crippen LogP contribution in [0.15, 0.2) is 291 Å².